The van der Waals surface area contributed by atoms with E-state index in [9.17, 15) is 0 Å². The van der Waals surface area contributed by atoms with E-state index in [1.54, 1.807) is 0 Å². The van der Waals surface area contributed by atoms with Crippen molar-refractivity contribution in [1.29, 1.82) is 0 Å². The molecule has 0 saturated carbocycles. The van der Waals surface area contributed by atoms with Gasteiger partial charge >= 0.3 is 0 Å². The number of likely N-dealkylation sites (tertiary alicyclic amines) is 1. The first kappa shape index (κ1) is 9.22. The third-order valence-electron chi connectivity index (χ3n) is 3.50. The molecular formula is C11H20N2. The molecule has 2 nitrogen and oxygen atoms in total. The lowest BCUT2D eigenvalue weighted by molar-refractivity contribution is 0.121. The van der Waals surface area contributed by atoms with E-state index in [1.165, 1.54) is 32.4 Å². The van der Waals surface area contributed by atoms with Gasteiger partial charge in [0, 0.05) is 18.6 Å². The molecule has 13 heavy (non-hydrogen) atoms. The Morgan fingerprint density at radius 1 is 1.31 bits per heavy atom. The van der Waals surface area contributed by atoms with Gasteiger partial charge in [-0.15, -0.1) is 0 Å². The van der Waals surface area contributed by atoms with E-state index >= 15 is 0 Å². The van der Waals surface area contributed by atoms with E-state index in [1.807, 2.05) is 0 Å². The maximum atomic E-state index is 6.00. The van der Waals surface area contributed by atoms with Gasteiger partial charge < -0.3 is 5.73 Å². The second-order valence-corrected chi connectivity index (χ2v) is 4.52. The van der Waals surface area contributed by atoms with Crippen molar-refractivity contribution in [3.8, 4) is 0 Å². The Hall–Kier alpha value is -0.340. The van der Waals surface area contributed by atoms with Gasteiger partial charge in [-0.25, -0.2) is 0 Å². The van der Waals surface area contributed by atoms with Crippen LogP contribution >= 0.6 is 0 Å². The van der Waals surface area contributed by atoms with Crippen LogP contribution in [0.2, 0.25) is 0 Å². The number of hydrogen-bond acceptors (Lipinski definition) is 2. The van der Waals surface area contributed by atoms with E-state index in [2.05, 4.69) is 24.0 Å². The van der Waals surface area contributed by atoms with Gasteiger partial charge in [-0.2, -0.15) is 0 Å². The van der Waals surface area contributed by atoms with Crippen molar-refractivity contribution in [2.75, 3.05) is 13.1 Å². The lowest BCUT2D eigenvalue weighted by Crippen LogP contribution is -2.49. The van der Waals surface area contributed by atoms with Gasteiger partial charge in [0.1, 0.15) is 0 Å². The van der Waals surface area contributed by atoms with Crippen LogP contribution in [0.1, 0.15) is 26.2 Å². The molecule has 2 rings (SSSR count). The zero-order valence-corrected chi connectivity index (χ0v) is 8.45. The largest absolute Gasteiger partial charge is 0.327 e. The highest BCUT2D eigenvalue weighted by Gasteiger charge is 2.27. The van der Waals surface area contributed by atoms with E-state index in [4.69, 9.17) is 5.73 Å². The monoisotopic (exact) mass is 180 g/mol. The van der Waals surface area contributed by atoms with E-state index in [-0.39, 0.29) is 0 Å². The summed E-state index contributed by atoms with van der Waals surface area (Å²) in [6.07, 6.45) is 8.30. The molecule has 0 aromatic heterocycles. The molecule has 0 bridgehead atoms. The van der Waals surface area contributed by atoms with Crippen LogP contribution in [0.25, 0.3) is 0 Å². The summed E-state index contributed by atoms with van der Waals surface area (Å²) in [5, 5.41) is 0. The van der Waals surface area contributed by atoms with Crippen LogP contribution in [0.4, 0.5) is 0 Å². The molecule has 1 heterocycles. The van der Waals surface area contributed by atoms with Crippen LogP contribution in [-0.4, -0.2) is 30.1 Å². The standard InChI is InChI=1S/C11H20N2/c1-9-8-13(7-6-11(9)12)10-4-2-3-5-10/h2-3,9-11H,4-8,12H2,1H3. The predicted molar refractivity (Wildman–Crippen MR) is 55.5 cm³/mol. The average molecular weight is 180 g/mol. The summed E-state index contributed by atoms with van der Waals surface area (Å²) in [5.41, 5.74) is 6.00. The van der Waals surface area contributed by atoms with Gasteiger partial charge in [-0.05, 0) is 31.7 Å². The van der Waals surface area contributed by atoms with E-state index in [0.29, 0.717) is 12.0 Å². The first-order chi connectivity index (χ1) is 6.27. The van der Waals surface area contributed by atoms with Crippen molar-refractivity contribution in [3.63, 3.8) is 0 Å². The van der Waals surface area contributed by atoms with Crippen LogP contribution in [0.3, 0.4) is 0 Å². The maximum Gasteiger partial charge on any atom is 0.0164 e. The Kier molecular flexibility index (Phi) is 2.70. The number of rotatable bonds is 1. The highest BCUT2D eigenvalue weighted by Crippen LogP contribution is 2.23. The number of hydrogen-bond donors (Lipinski definition) is 1. The summed E-state index contributed by atoms with van der Waals surface area (Å²) in [6.45, 7) is 4.69. The zero-order chi connectivity index (χ0) is 9.26. The molecule has 1 fully saturated rings. The molecular weight excluding hydrogens is 160 g/mol. The molecule has 1 aliphatic carbocycles. The molecule has 0 amide bonds. The quantitative estimate of drug-likeness (QED) is 0.618. The maximum absolute atomic E-state index is 6.00. The molecule has 0 aromatic rings. The van der Waals surface area contributed by atoms with E-state index < -0.39 is 0 Å². The summed E-state index contributed by atoms with van der Waals surface area (Å²) < 4.78 is 0. The zero-order valence-electron chi connectivity index (χ0n) is 8.45. The molecule has 1 aliphatic heterocycles. The fourth-order valence-corrected chi connectivity index (χ4v) is 2.43. The molecule has 0 aromatic carbocycles. The number of piperidine rings is 1. The minimum absolute atomic E-state index is 0.436. The van der Waals surface area contributed by atoms with E-state index in [0.717, 1.165) is 6.04 Å². The third-order valence-corrected chi connectivity index (χ3v) is 3.50. The minimum atomic E-state index is 0.436. The molecule has 1 saturated heterocycles. The van der Waals surface area contributed by atoms with Crippen LogP contribution in [0.15, 0.2) is 12.2 Å². The molecule has 2 atom stereocenters. The molecule has 2 N–H and O–H groups in total. The van der Waals surface area contributed by atoms with Gasteiger partial charge in [-0.3, -0.25) is 4.90 Å². The van der Waals surface area contributed by atoms with Crippen LogP contribution in [0, 0.1) is 5.92 Å². The molecule has 0 spiro atoms. The van der Waals surface area contributed by atoms with Gasteiger partial charge in [0.25, 0.3) is 0 Å². The second kappa shape index (κ2) is 3.81. The van der Waals surface area contributed by atoms with Crippen molar-refractivity contribution in [2.45, 2.75) is 38.3 Å². The topological polar surface area (TPSA) is 29.3 Å². The third kappa shape index (κ3) is 1.94. The fourth-order valence-electron chi connectivity index (χ4n) is 2.43. The minimum Gasteiger partial charge on any atom is -0.327 e. The second-order valence-electron chi connectivity index (χ2n) is 4.52. The van der Waals surface area contributed by atoms with Crippen molar-refractivity contribution >= 4 is 0 Å². The predicted octanol–water partition coefficient (Wildman–Crippen LogP) is 1.37. The van der Waals surface area contributed by atoms with Crippen molar-refractivity contribution in [1.82, 2.24) is 4.90 Å². The van der Waals surface area contributed by atoms with Crippen molar-refractivity contribution in [3.05, 3.63) is 12.2 Å². The van der Waals surface area contributed by atoms with Gasteiger partial charge in [0.2, 0.25) is 0 Å². The molecule has 74 valence electrons. The Morgan fingerprint density at radius 2 is 2.00 bits per heavy atom. The number of nitrogens with two attached hydrogens (primary N) is 1. The molecule has 0 radical (unpaired) electrons. The lowest BCUT2D eigenvalue weighted by atomic mass is 9.93. The summed E-state index contributed by atoms with van der Waals surface area (Å²) >= 11 is 0. The Balaban J connectivity index is 1.87. The first-order valence-corrected chi connectivity index (χ1v) is 5.42. The van der Waals surface area contributed by atoms with Crippen molar-refractivity contribution in [2.24, 2.45) is 11.7 Å². The summed E-state index contributed by atoms with van der Waals surface area (Å²) in [7, 11) is 0. The van der Waals surface area contributed by atoms with Crippen molar-refractivity contribution < 1.29 is 0 Å². The highest BCUT2D eigenvalue weighted by molar-refractivity contribution is 5.00. The fraction of sp³-hybridized carbons (Fsp3) is 0.818. The Bertz CT molecular complexity index is 192. The first-order valence-electron chi connectivity index (χ1n) is 5.42. The Labute approximate surface area is 80.8 Å². The van der Waals surface area contributed by atoms with Gasteiger partial charge in [-0.1, -0.05) is 19.1 Å². The summed E-state index contributed by atoms with van der Waals surface area (Å²) in [4.78, 5) is 2.62. The molecule has 2 aliphatic rings. The summed E-state index contributed by atoms with van der Waals surface area (Å²) in [5.74, 6) is 0.675. The molecule has 2 unspecified atom stereocenters. The summed E-state index contributed by atoms with van der Waals surface area (Å²) in [6, 6.07) is 1.22. The lowest BCUT2D eigenvalue weighted by Gasteiger charge is -2.38. The Morgan fingerprint density at radius 3 is 2.62 bits per heavy atom. The average Bonchev–Trinajstić information content (AvgIpc) is 2.62. The van der Waals surface area contributed by atoms with Crippen LogP contribution in [-0.2, 0) is 0 Å². The molecule has 2 heteroatoms. The number of nitrogens with zero attached hydrogens (tertiary/aromatic N) is 1. The highest BCUT2D eigenvalue weighted by atomic mass is 15.2. The van der Waals surface area contributed by atoms with Gasteiger partial charge in [0.15, 0.2) is 0 Å². The van der Waals surface area contributed by atoms with Crippen LogP contribution in [0.5, 0.6) is 0 Å². The van der Waals surface area contributed by atoms with Gasteiger partial charge in [0.05, 0.1) is 0 Å². The normalized spacial score (nSPS) is 37.1. The van der Waals surface area contributed by atoms with Crippen LogP contribution < -0.4 is 5.73 Å². The smallest absolute Gasteiger partial charge is 0.0164 e. The SMILES string of the molecule is CC1CN(C2CC=CC2)CCC1N.